The van der Waals surface area contributed by atoms with Crippen LogP contribution in [0.4, 0.5) is 0 Å². The van der Waals surface area contributed by atoms with Gasteiger partial charge in [-0.1, -0.05) is 50.6 Å². The third-order valence-electron chi connectivity index (χ3n) is 7.85. The molecule has 0 saturated carbocycles. The van der Waals surface area contributed by atoms with Crippen LogP contribution in [0.3, 0.4) is 0 Å². The van der Waals surface area contributed by atoms with Crippen LogP contribution in [0.2, 0.25) is 0 Å². The van der Waals surface area contributed by atoms with Crippen molar-refractivity contribution in [3.63, 3.8) is 0 Å². The maximum Gasteiger partial charge on any atom is 0.326 e. The van der Waals surface area contributed by atoms with E-state index in [2.05, 4.69) is 30.9 Å². The summed E-state index contributed by atoms with van der Waals surface area (Å²) in [6.07, 6.45) is 5.46. The van der Waals surface area contributed by atoms with Gasteiger partial charge < -0.3 is 41.9 Å². The van der Waals surface area contributed by atoms with Crippen molar-refractivity contribution in [2.24, 2.45) is 11.7 Å². The Morgan fingerprint density at radius 2 is 1.60 bits per heavy atom. The van der Waals surface area contributed by atoms with Gasteiger partial charge in [0.1, 0.15) is 23.9 Å². The van der Waals surface area contributed by atoms with Gasteiger partial charge in [-0.2, -0.15) is 0 Å². The summed E-state index contributed by atoms with van der Waals surface area (Å²) >= 11 is 0. The molecule has 13 nitrogen and oxygen atoms in total. The first kappa shape index (κ1) is 32.7. The summed E-state index contributed by atoms with van der Waals surface area (Å²) < 4.78 is 0. The molecule has 0 saturated heterocycles. The minimum atomic E-state index is -1.29. The molecule has 2 aromatic carbocycles. The van der Waals surface area contributed by atoms with Crippen LogP contribution in [0.5, 0.6) is 5.75 Å². The lowest BCUT2D eigenvalue weighted by molar-refractivity contribution is -0.142. The van der Waals surface area contributed by atoms with Crippen LogP contribution in [-0.4, -0.2) is 73.0 Å². The van der Waals surface area contributed by atoms with Gasteiger partial charge in [0, 0.05) is 48.3 Å². The summed E-state index contributed by atoms with van der Waals surface area (Å²) in [6.45, 7) is 3.66. The molecule has 0 radical (unpaired) electrons. The van der Waals surface area contributed by atoms with Gasteiger partial charge in [-0.25, -0.2) is 9.78 Å². The van der Waals surface area contributed by atoms with Gasteiger partial charge in [0.25, 0.3) is 0 Å². The third-order valence-corrected chi connectivity index (χ3v) is 7.85. The van der Waals surface area contributed by atoms with E-state index >= 15 is 0 Å². The quantitative estimate of drug-likeness (QED) is 0.0977. The van der Waals surface area contributed by atoms with Crippen molar-refractivity contribution in [3.05, 3.63) is 84.1 Å². The van der Waals surface area contributed by atoms with E-state index in [9.17, 15) is 29.4 Å². The Bertz CT molecular complexity index is 1600. The molecule has 0 aliphatic carbocycles. The number of phenols is 1. The second-order valence-corrected chi connectivity index (χ2v) is 11.2. The number of hydrogen-bond acceptors (Lipinski definition) is 7. The van der Waals surface area contributed by atoms with E-state index in [1.165, 1.54) is 18.5 Å². The molecule has 4 rings (SSSR count). The fourth-order valence-corrected chi connectivity index (χ4v) is 5.02. The first-order valence-electron chi connectivity index (χ1n) is 14.7. The number of aromatic nitrogens is 3. The Labute approximate surface area is 260 Å². The number of aliphatic carboxylic acids is 1. The van der Waals surface area contributed by atoms with Crippen LogP contribution >= 0.6 is 0 Å². The van der Waals surface area contributed by atoms with Crippen molar-refractivity contribution in [2.75, 3.05) is 0 Å². The number of phenolic OH excluding ortho intramolecular Hbond substituents is 1. The standard InChI is InChI=1S/C32H39N7O6/c1-3-18(2)28(39-29(41)24(33)14-21-16-34-17-36-21)31(43)37-26(12-19-8-10-22(40)11-9-19)30(42)38-27(32(44)45)13-20-15-35-25-7-5-4-6-23(20)25/h4-11,15-18,24,26-28,35,40H,3,12-14,33H2,1-2H3,(H,34,36)(H,37,43)(H,38,42)(H,39,41)(H,44,45). The number of amides is 3. The molecule has 0 fully saturated rings. The second-order valence-electron chi connectivity index (χ2n) is 11.2. The van der Waals surface area contributed by atoms with Gasteiger partial charge in [-0.05, 0) is 35.2 Å². The van der Waals surface area contributed by atoms with Crippen molar-refractivity contribution in [1.29, 1.82) is 0 Å². The van der Waals surface area contributed by atoms with Crippen molar-refractivity contribution in [3.8, 4) is 5.75 Å². The lowest BCUT2D eigenvalue weighted by atomic mass is 9.96. The Morgan fingerprint density at radius 1 is 0.889 bits per heavy atom. The molecule has 238 valence electrons. The molecule has 3 amide bonds. The van der Waals surface area contributed by atoms with Gasteiger partial charge >= 0.3 is 5.97 Å². The van der Waals surface area contributed by atoms with Crippen LogP contribution in [0, 0.1) is 5.92 Å². The fraction of sp³-hybridized carbons (Fsp3) is 0.344. The number of nitrogens with zero attached hydrogens (tertiary/aromatic N) is 1. The van der Waals surface area contributed by atoms with Gasteiger partial charge in [0.05, 0.1) is 12.4 Å². The monoisotopic (exact) mass is 617 g/mol. The maximum absolute atomic E-state index is 13.7. The number of H-pyrrole nitrogens is 2. The van der Waals surface area contributed by atoms with Gasteiger partial charge in [-0.15, -0.1) is 0 Å². The first-order chi connectivity index (χ1) is 21.5. The number of fused-ring (bicyclic) bond motifs is 1. The fourth-order valence-electron chi connectivity index (χ4n) is 5.02. The number of benzene rings is 2. The summed E-state index contributed by atoms with van der Waals surface area (Å²) in [5.74, 6) is -3.41. The van der Waals surface area contributed by atoms with Gasteiger partial charge in [0.2, 0.25) is 17.7 Å². The van der Waals surface area contributed by atoms with E-state index in [4.69, 9.17) is 5.73 Å². The number of nitrogens with one attached hydrogen (secondary N) is 5. The van der Waals surface area contributed by atoms with Crippen molar-refractivity contribution >= 4 is 34.6 Å². The highest BCUT2D eigenvalue weighted by Gasteiger charge is 2.33. The van der Waals surface area contributed by atoms with Gasteiger partial charge in [0.15, 0.2) is 0 Å². The number of aromatic hydroxyl groups is 1. The highest BCUT2D eigenvalue weighted by molar-refractivity contribution is 5.94. The van der Waals surface area contributed by atoms with Crippen molar-refractivity contribution in [2.45, 2.75) is 63.7 Å². The molecular weight excluding hydrogens is 578 g/mol. The molecular formula is C32H39N7O6. The summed E-state index contributed by atoms with van der Waals surface area (Å²) in [4.78, 5) is 62.5. The van der Waals surface area contributed by atoms with E-state index in [1.54, 1.807) is 31.5 Å². The number of hydrogen-bond donors (Lipinski definition) is 8. The zero-order chi connectivity index (χ0) is 32.5. The average molecular weight is 618 g/mol. The Morgan fingerprint density at radius 3 is 2.27 bits per heavy atom. The Kier molecular flexibility index (Phi) is 10.9. The molecule has 0 aliphatic heterocycles. The third kappa shape index (κ3) is 8.70. The molecule has 5 atom stereocenters. The zero-order valence-electron chi connectivity index (χ0n) is 25.1. The Balaban J connectivity index is 1.53. The zero-order valence-corrected chi connectivity index (χ0v) is 25.1. The van der Waals surface area contributed by atoms with Crippen LogP contribution in [-0.2, 0) is 38.4 Å². The number of carbonyl (C=O) groups excluding carboxylic acids is 3. The van der Waals surface area contributed by atoms with Crippen LogP contribution in [0.1, 0.15) is 37.1 Å². The number of carboxylic acid groups (broad SMARTS) is 1. The Hall–Kier alpha value is -5.17. The number of carboxylic acids is 1. The number of aromatic amines is 2. The number of imidazole rings is 1. The summed E-state index contributed by atoms with van der Waals surface area (Å²) in [6, 6.07) is 9.07. The van der Waals surface area contributed by atoms with Crippen molar-refractivity contribution in [1.82, 2.24) is 30.9 Å². The molecule has 9 N–H and O–H groups in total. The SMILES string of the molecule is CCC(C)C(NC(=O)C(N)Cc1cnc[nH]1)C(=O)NC(Cc1ccc(O)cc1)C(=O)NC(Cc1c[nH]c2ccccc12)C(=O)O. The summed E-state index contributed by atoms with van der Waals surface area (Å²) in [5, 5.41) is 28.6. The molecule has 45 heavy (non-hydrogen) atoms. The summed E-state index contributed by atoms with van der Waals surface area (Å²) in [7, 11) is 0. The number of nitrogens with two attached hydrogens (primary N) is 1. The van der Waals surface area contributed by atoms with Gasteiger partial charge in [-0.3, -0.25) is 14.4 Å². The van der Waals surface area contributed by atoms with Crippen molar-refractivity contribution < 1.29 is 29.4 Å². The lowest BCUT2D eigenvalue weighted by Gasteiger charge is -2.28. The molecule has 2 heterocycles. The minimum absolute atomic E-state index is 0.00219. The normalized spacial score (nSPS) is 14.6. The van der Waals surface area contributed by atoms with E-state index < -0.39 is 47.9 Å². The predicted octanol–water partition coefficient (Wildman–Crippen LogP) is 1.54. The van der Waals surface area contributed by atoms with E-state index in [0.29, 0.717) is 23.2 Å². The molecule has 2 aromatic heterocycles. The van der Waals surface area contributed by atoms with E-state index in [0.717, 1.165) is 10.9 Å². The first-order valence-corrected chi connectivity index (χ1v) is 14.7. The van der Waals surface area contributed by atoms with Crippen LogP contribution in [0.25, 0.3) is 10.9 Å². The number of para-hydroxylation sites is 1. The average Bonchev–Trinajstić information content (AvgIpc) is 3.69. The maximum atomic E-state index is 13.7. The molecule has 4 aromatic rings. The molecule has 0 spiro atoms. The van der Waals surface area contributed by atoms with E-state index in [-0.39, 0.29) is 30.9 Å². The number of carbonyl (C=O) groups is 4. The molecule has 0 bridgehead atoms. The van der Waals surface area contributed by atoms with Crippen LogP contribution < -0.4 is 21.7 Å². The van der Waals surface area contributed by atoms with Crippen LogP contribution in [0.15, 0.2) is 67.3 Å². The predicted molar refractivity (Wildman–Crippen MR) is 167 cm³/mol. The highest BCUT2D eigenvalue weighted by atomic mass is 16.4. The smallest absolute Gasteiger partial charge is 0.326 e. The molecule has 13 heteroatoms. The highest BCUT2D eigenvalue weighted by Crippen LogP contribution is 2.20. The largest absolute Gasteiger partial charge is 0.508 e. The summed E-state index contributed by atoms with van der Waals surface area (Å²) in [5.41, 5.74) is 8.92. The topological polar surface area (TPSA) is 215 Å². The minimum Gasteiger partial charge on any atom is -0.508 e. The molecule has 0 aliphatic rings. The molecule has 5 unspecified atom stereocenters. The second kappa shape index (κ2) is 15.0. The van der Waals surface area contributed by atoms with E-state index in [1.807, 2.05) is 31.2 Å². The number of rotatable bonds is 15. The lowest BCUT2D eigenvalue weighted by Crippen LogP contribution is -2.59.